The van der Waals surface area contributed by atoms with Crippen molar-refractivity contribution in [2.24, 2.45) is 11.8 Å². The van der Waals surface area contributed by atoms with Gasteiger partial charge in [0.2, 0.25) is 5.91 Å². The van der Waals surface area contributed by atoms with Crippen LogP contribution in [0.1, 0.15) is 24.1 Å². The second-order valence-electron chi connectivity index (χ2n) is 5.31. The van der Waals surface area contributed by atoms with Gasteiger partial charge in [-0.2, -0.15) is 0 Å². The van der Waals surface area contributed by atoms with Gasteiger partial charge < -0.3 is 14.7 Å². The number of aliphatic carboxylic acids is 1. The highest BCUT2D eigenvalue weighted by Crippen LogP contribution is 2.33. The molecule has 116 valence electrons. The molecule has 1 saturated carbocycles. The van der Waals surface area contributed by atoms with Crippen molar-refractivity contribution in [3.8, 4) is 0 Å². The number of ether oxygens (including phenoxy) is 1. The topological polar surface area (TPSA) is 66.8 Å². The van der Waals surface area contributed by atoms with Crippen molar-refractivity contribution >= 4 is 23.2 Å². The summed E-state index contributed by atoms with van der Waals surface area (Å²) in [6.07, 6.45) is 2.08. The van der Waals surface area contributed by atoms with Crippen molar-refractivity contribution in [1.29, 1.82) is 0 Å². The largest absolute Gasteiger partial charge is 0.481 e. The molecule has 5 nitrogen and oxygen atoms in total. The first-order valence-corrected chi connectivity index (χ1v) is 8.04. The van der Waals surface area contributed by atoms with Crippen LogP contribution >= 0.6 is 11.3 Å². The predicted molar refractivity (Wildman–Crippen MR) is 80.1 cm³/mol. The molecule has 21 heavy (non-hydrogen) atoms. The molecule has 2 atom stereocenters. The normalized spacial score (nSPS) is 21.4. The van der Waals surface area contributed by atoms with E-state index < -0.39 is 11.9 Å². The zero-order valence-electron chi connectivity index (χ0n) is 12.2. The number of hydrogen-bond donors (Lipinski definition) is 1. The van der Waals surface area contributed by atoms with Gasteiger partial charge >= 0.3 is 5.97 Å². The van der Waals surface area contributed by atoms with Crippen LogP contribution in [0.15, 0.2) is 17.5 Å². The number of methoxy groups -OCH3 is 1. The Bertz CT molecular complexity index is 474. The molecule has 1 N–H and O–H groups in total. The summed E-state index contributed by atoms with van der Waals surface area (Å²) in [5, 5.41) is 11.2. The lowest BCUT2D eigenvalue weighted by atomic mass is 9.94. The monoisotopic (exact) mass is 311 g/mol. The van der Waals surface area contributed by atoms with Gasteiger partial charge in [0.1, 0.15) is 0 Å². The molecule has 2 rings (SSSR count). The van der Waals surface area contributed by atoms with Gasteiger partial charge in [-0.3, -0.25) is 9.59 Å². The van der Waals surface area contributed by atoms with Crippen LogP contribution in [-0.4, -0.2) is 42.1 Å². The summed E-state index contributed by atoms with van der Waals surface area (Å²) in [5.41, 5.74) is 0. The maximum Gasteiger partial charge on any atom is 0.307 e. The number of nitrogens with zero attached hydrogens (tertiary/aromatic N) is 1. The molecule has 0 spiro atoms. The average molecular weight is 311 g/mol. The number of carbonyl (C=O) groups excluding carboxylic acids is 1. The van der Waals surface area contributed by atoms with Crippen LogP contribution in [0.4, 0.5) is 0 Å². The number of thiophene rings is 1. The van der Waals surface area contributed by atoms with Gasteiger partial charge in [-0.25, -0.2) is 0 Å². The summed E-state index contributed by atoms with van der Waals surface area (Å²) >= 11 is 1.60. The van der Waals surface area contributed by atoms with Crippen LogP contribution in [0, 0.1) is 11.8 Å². The third-order valence-electron chi connectivity index (χ3n) is 3.95. The standard InChI is InChI=1S/C15H21NO4S/c1-20-8-7-16(10-11-4-3-9-21-11)14(17)12-5-2-6-13(12)15(18)19/h3-4,9,12-13H,2,5-8,10H2,1H3,(H,18,19). The number of carbonyl (C=O) groups is 2. The van der Waals surface area contributed by atoms with Gasteiger partial charge in [0, 0.05) is 18.5 Å². The van der Waals surface area contributed by atoms with Crippen LogP contribution < -0.4 is 0 Å². The van der Waals surface area contributed by atoms with Crippen molar-refractivity contribution in [3.05, 3.63) is 22.4 Å². The molecule has 0 saturated heterocycles. The highest BCUT2D eigenvalue weighted by atomic mass is 32.1. The number of rotatable bonds is 7. The van der Waals surface area contributed by atoms with E-state index in [2.05, 4.69) is 0 Å². The number of carboxylic acids is 1. The van der Waals surface area contributed by atoms with Crippen molar-refractivity contribution < 1.29 is 19.4 Å². The lowest BCUT2D eigenvalue weighted by Crippen LogP contribution is -2.40. The van der Waals surface area contributed by atoms with E-state index in [0.717, 1.165) is 11.3 Å². The van der Waals surface area contributed by atoms with E-state index in [1.165, 1.54) is 0 Å². The van der Waals surface area contributed by atoms with Gasteiger partial charge in [0.15, 0.2) is 0 Å². The first kappa shape index (κ1) is 16.0. The van der Waals surface area contributed by atoms with Crippen molar-refractivity contribution in [2.75, 3.05) is 20.3 Å². The minimum atomic E-state index is -0.853. The SMILES string of the molecule is COCCN(Cc1cccs1)C(=O)C1CCCC1C(=O)O. The second-order valence-corrected chi connectivity index (χ2v) is 6.35. The molecule has 1 amide bonds. The predicted octanol–water partition coefficient (Wildman–Crippen LogP) is 2.22. The summed E-state index contributed by atoms with van der Waals surface area (Å²) in [5.74, 6) is -1.83. The average Bonchev–Trinajstić information content (AvgIpc) is 3.13. The van der Waals surface area contributed by atoms with Crippen LogP contribution in [-0.2, 0) is 20.9 Å². The Morgan fingerprint density at radius 1 is 1.43 bits per heavy atom. The Labute approximate surface area is 128 Å². The summed E-state index contributed by atoms with van der Waals surface area (Å²) in [6.45, 7) is 1.49. The van der Waals surface area contributed by atoms with E-state index in [9.17, 15) is 14.7 Å². The minimum absolute atomic E-state index is 0.0506. The molecule has 0 aromatic carbocycles. The molecule has 0 bridgehead atoms. The van der Waals surface area contributed by atoms with Gasteiger partial charge in [-0.05, 0) is 24.3 Å². The zero-order chi connectivity index (χ0) is 15.2. The van der Waals surface area contributed by atoms with Crippen LogP contribution in [0.2, 0.25) is 0 Å². The Morgan fingerprint density at radius 3 is 2.81 bits per heavy atom. The molecule has 1 heterocycles. The molecule has 2 unspecified atom stereocenters. The van der Waals surface area contributed by atoms with E-state index >= 15 is 0 Å². The molecule has 1 aromatic rings. The smallest absolute Gasteiger partial charge is 0.307 e. The Morgan fingerprint density at radius 2 is 2.19 bits per heavy atom. The Kier molecular flexibility index (Phi) is 5.76. The van der Waals surface area contributed by atoms with E-state index in [4.69, 9.17) is 4.74 Å². The zero-order valence-corrected chi connectivity index (χ0v) is 13.0. The summed E-state index contributed by atoms with van der Waals surface area (Å²) < 4.78 is 5.07. The van der Waals surface area contributed by atoms with Crippen LogP contribution in [0.25, 0.3) is 0 Å². The fraction of sp³-hybridized carbons (Fsp3) is 0.600. The van der Waals surface area contributed by atoms with Crippen molar-refractivity contribution in [2.45, 2.75) is 25.8 Å². The van der Waals surface area contributed by atoms with Crippen LogP contribution in [0.3, 0.4) is 0 Å². The fourth-order valence-corrected chi connectivity index (χ4v) is 3.56. The van der Waals surface area contributed by atoms with E-state index in [1.54, 1.807) is 23.3 Å². The van der Waals surface area contributed by atoms with E-state index in [0.29, 0.717) is 32.5 Å². The highest BCUT2D eigenvalue weighted by Gasteiger charge is 2.39. The second kappa shape index (κ2) is 7.56. The van der Waals surface area contributed by atoms with Gasteiger partial charge in [-0.1, -0.05) is 12.5 Å². The van der Waals surface area contributed by atoms with Gasteiger partial charge in [-0.15, -0.1) is 11.3 Å². The van der Waals surface area contributed by atoms with Gasteiger partial charge in [0.25, 0.3) is 0 Å². The number of amides is 1. The number of hydrogen-bond acceptors (Lipinski definition) is 4. The van der Waals surface area contributed by atoms with Crippen molar-refractivity contribution in [1.82, 2.24) is 4.90 Å². The maximum atomic E-state index is 12.7. The molecule has 1 fully saturated rings. The Hall–Kier alpha value is -1.40. The third-order valence-corrected chi connectivity index (χ3v) is 4.82. The van der Waals surface area contributed by atoms with Crippen molar-refractivity contribution in [3.63, 3.8) is 0 Å². The van der Waals surface area contributed by atoms with Crippen LogP contribution in [0.5, 0.6) is 0 Å². The maximum absolute atomic E-state index is 12.7. The molecular formula is C15H21NO4S. The first-order valence-electron chi connectivity index (χ1n) is 7.16. The summed E-state index contributed by atoms with van der Waals surface area (Å²) in [4.78, 5) is 26.8. The summed E-state index contributed by atoms with van der Waals surface area (Å²) in [7, 11) is 1.60. The molecule has 6 heteroatoms. The molecule has 1 aromatic heterocycles. The molecular weight excluding hydrogens is 290 g/mol. The van der Waals surface area contributed by atoms with E-state index in [1.807, 2.05) is 17.5 Å². The fourth-order valence-electron chi connectivity index (χ4n) is 2.85. The minimum Gasteiger partial charge on any atom is -0.481 e. The quantitative estimate of drug-likeness (QED) is 0.838. The highest BCUT2D eigenvalue weighted by molar-refractivity contribution is 7.09. The molecule has 1 aliphatic carbocycles. The lowest BCUT2D eigenvalue weighted by molar-refractivity contribution is -0.149. The third kappa shape index (κ3) is 4.04. The summed E-state index contributed by atoms with van der Waals surface area (Å²) in [6, 6.07) is 3.94. The molecule has 0 aliphatic heterocycles. The molecule has 1 aliphatic rings. The van der Waals surface area contributed by atoms with Gasteiger partial charge in [0.05, 0.1) is 25.0 Å². The first-order chi connectivity index (χ1) is 10.1. The Balaban J connectivity index is 2.07. The number of carboxylic acid groups (broad SMARTS) is 1. The van der Waals surface area contributed by atoms with E-state index in [-0.39, 0.29) is 11.8 Å². The lowest BCUT2D eigenvalue weighted by Gasteiger charge is -2.26. The molecule has 0 radical (unpaired) electrons.